The van der Waals surface area contributed by atoms with Crippen molar-refractivity contribution in [3.8, 4) is 5.13 Å². The van der Waals surface area contributed by atoms with E-state index in [2.05, 4.69) is 21.7 Å². The fourth-order valence-corrected chi connectivity index (χ4v) is 4.98. The molecule has 0 bridgehead atoms. The van der Waals surface area contributed by atoms with Crippen LogP contribution in [0.3, 0.4) is 0 Å². The van der Waals surface area contributed by atoms with E-state index in [-0.39, 0.29) is 5.56 Å². The van der Waals surface area contributed by atoms with Crippen molar-refractivity contribution in [3.05, 3.63) is 45.2 Å². The number of likely N-dealkylation sites (N-methyl/N-ethyl adjacent to an activating group) is 1. The van der Waals surface area contributed by atoms with Crippen LogP contribution in [0.15, 0.2) is 28.6 Å². The van der Waals surface area contributed by atoms with Gasteiger partial charge in [-0.05, 0) is 38.9 Å². The van der Waals surface area contributed by atoms with E-state index in [0.29, 0.717) is 34.2 Å². The van der Waals surface area contributed by atoms with Gasteiger partial charge in [-0.25, -0.2) is 14.8 Å². The molecule has 4 rings (SSSR count). The second-order valence-electron chi connectivity index (χ2n) is 9.27. The lowest BCUT2D eigenvalue weighted by Gasteiger charge is -2.43. The zero-order chi connectivity index (χ0) is 23.9. The maximum atomic E-state index is 12.9. The molecule has 3 aromatic rings. The lowest BCUT2D eigenvalue weighted by atomic mass is 9.98. The third-order valence-electron chi connectivity index (χ3n) is 5.85. The summed E-state index contributed by atoms with van der Waals surface area (Å²) in [5.41, 5.74) is -0.464. The number of anilines is 1. The van der Waals surface area contributed by atoms with Gasteiger partial charge in [0.1, 0.15) is 11.4 Å². The number of nitrogens with zero attached hydrogens (tertiary/aromatic N) is 5. The zero-order valence-electron chi connectivity index (χ0n) is 19.3. The number of pyridine rings is 2. The van der Waals surface area contributed by atoms with E-state index in [4.69, 9.17) is 4.98 Å². The van der Waals surface area contributed by atoms with Gasteiger partial charge in [0, 0.05) is 49.9 Å². The van der Waals surface area contributed by atoms with Crippen LogP contribution in [0.25, 0.3) is 16.2 Å². The molecular formula is C23H29N5O4S. The molecule has 33 heavy (non-hydrogen) atoms. The molecule has 0 saturated carbocycles. The highest BCUT2D eigenvalue weighted by Gasteiger charge is 2.31. The van der Waals surface area contributed by atoms with Crippen LogP contribution in [0.2, 0.25) is 0 Å². The van der Waals surface area contributed by atoms with Crippen LogP contribution in [-0.2, 0) is 0 Å². The number of thiazole rings is 1. The first kappa shape index (κ1) is 23.3. The Morgan fingerprint density at radius 3 is 2.67 bits per heavy atom. The fraction of sp³-hybridized carbons (Fsp3) is 0.478. The third-order valence-corrected chi connectivity index (χ3v) is 6.62. The molecule has 0 amide bonds. The van der Waals surface area contributed by atoms with Crippen molar-refractivity contribution in [3.63, 3.8) is 0 Å². The second kappa shape index (κ2) is 8.85. The SMILES string of the molecule is CCN(CC1CN(c2cc(C)c3c(=O)c(C(=O)O)cn(-c4nccs4)c3n2)C1)CC(C)(C)O. The number of aromatic carboxylic acids is 1. The maximum absolute atomic E-state index is 12.9. The molecule has 0 aromatic carbocycles. The Bertz CT molecular complexity index is 1230. The van der Waals surface area contributed by atoms with Gasteiger partial charge in [0.25, 0.3) is 0 Å². The highest BCUT2D eigenvalue weighted by atomic mass is 32.1. The summed E-state index contributed by atoms with van der Waals surface area (Å²) in [4.78, 5) is 38.1. The van der Waals surface area contributed by atoms with E-state index in [9.17, 15) is 19.8 Å². The van der Waals surface area contributed by atoms with Crippen molar-refractivity contribution < 1.29 is 15.0 Å². The summed E-state index contributed by atoms with van der Waals surface area (Å²) >= 11 is 1.35. The van der Waals surface area contributed by atoms with Crippen molar-refractivity contribution in [2.45, 2.75) is 33.3 Å². The molecule has 176 valence electrons. The minimum absolute atomic E-state index is 0.299. The molecule has 3 aromatic heterocycles. The summed E-state index contributed by atoms with van der Waals surface area (Å²) in [5, 5.41) is 22.3. The minimum atomic E-state index is -1.27. The summed E-state index contributed by atoms with van der Waals surface area (Å²) in [6, 6.07) is 1.85. The van der Waals surface area contributed by atoms with Crippen LogP contribution in [0.4, 0.5) is 5.82 Å². The monoisotopic (exact) mass is 471 g/mol. The van der Waals surface area contributed by atoms with Gasteiger partial charge in [-0.1, -0.05) is 6.92 Å². The molecule has 9 nitrogen and oxygen atoms in total. The van der Waals surface area contributed by atoms with Crippen molar-refractivity contribution in [1.82, 2.24) is 19.4 Å². The van der Waals surface area contributed by atoms with Crippen LogP contribution >= 0.6 is 11.3 Å². The van der Waals surface area contributed by atoms with E-state index in [1.807, 2.05) is 26.8 Å². The summed E-state index contributed by atoms with van der Waals surface area (Å²) in [6.45, 7) is 11.6. The highest BCUT2D eigenvalue weighted by molar-refractivity contribution is 7.12. The smallest absolute Gasteiger partial charge is 0.341 e. The Kier molecular flexibility index (Phi) is 6.26. The Morgan fingerprint density at radius 1 is 1.36 bits per heavy atom. The number of carboxylic acid groups (broad SMARTS) is 1. The number of carboxylic acids is 1. The average molecular weight is 472 g/mol. The summed E-state index contributed by atoms with van der Waals surface area (Å²) in [7, 11) is 0. The average Bonchev–Trinajstić information content (AvgIpc) is 3.22. The number of carbonyl (C=O) groups is 1. The number of hydrogen-bond acceptors (Lipinski definition) is 8. The summed E-state index contributed by atoms with van der Waals surface area (Å²) in [6.07, 6.45) is 2.95. The predicted octanol–water partition coefficient (Wildman–Crippen LogP) is 2.38. The summed E-state index contributed by atoms with van der Waals surface area (Å²) in [5.74, 6) is -0.0528. The lowest BCUT2D eigenvalue weighted by molar-refractivity contribution is 0.0313. The first-order valence-corrected chi connectivity index (χ1v) is 11.8. The van der Waals surface area contributed by atoms with Gasteiger partial charge >= 0.3 is 5.97 Å². The molecule has 1 saturated heterocycles. The number of hydrogen-bond donors (Lipinski definition) is 2. The van der Waals surface area contributed by atoms with Gasteiger partial charge in [0.2, 0.25) is 5.43 Å². The molecule has 1 aliphatic rings. The molecule has 0 aliphatic carbocycles. The largest absolute Gasteiger partial charge is 0.477 e. The molecule has 4 heterocycles. The normalized spacial score (nSPS) is 14.8. The number of aliphatic hydroxyl groups is 1. The molecular weight excluding hydrogens is 442 g/mol. The van der Waals surface area contributed by atoms with Gasteiger partial charge in [0.15, 0.2) is 10.8 Å². The van der Waals surface area contributed by atoms with E-state index in [1.54, 1.807) is 16.1 Å². The highest BCUT2D eigenvalue weighted by Crippen LogP contribution is 2.29. The first-order valence-electron chi connectivity index (χ1n) is 11.0. The van der Waals surface area contributed by atoms with Crippen molar-refractivity contribution >= 4 is 34.2 Å². The molecule has 0 spiro atoms. The Hall–Kier alpha value is -2.82. The Labute approximate surface area is 195 Å². The van der Waals surface area contributed by atoms with Gasteiger partial charge in [0.05, 0.1) is 11.0 Å². The van der Waals surface area contributed by atoms with Gasteiger partial charge in [-0.2, -0.15) is 0 Å². The first-order chi connectivity index (χ1) is 15.6. The second-order valence-corrected chi connectivity index (χ2v) is 10.1. The number of fused-ring (bicyclic) bond motifs is 1. The van der Waals surface area contributed by atoms with Crippen molar-refractivity contribution in [2.75, 3.05) is 37.6 Å². The molecule has 0 radical (unpaired) electrons. The van der Waals surface area contributed by atoms with Crippen LogP contribution in [0.5, 0.6) is 0 Å². The molecule has 0 unspecified atom stereocenters. The molecule has 0 atom stereocenters. The Morgan fingerprint density at radius 2 is 2.09 bits per heavy atom. The van der Waals surface area contributed by atoms with Crippen LogP contribution in [0, 0.1) is 12.8 Å². The third kappa shape index (κ3) is 4.78. The van der Waals surface area contributed by atoms with E-state index in [0.717, 1.165) is 32.0 Å². The van der Waals surface area contributed by atoms with Gasteiger partial charge in [-0.3, -0.25) is 9.36 Å². The van der Waals surface area contributed by atoms with Crippen LogP contribution < -0.4 is 10.3 Å². The van der Waals surface area contributed by atoms with E-state index < -0.39 is 17.0 Å². The molecule has 1 aliphatic heterocycles. The van der Waals surface area contributed by atoms with Crippen molar-refractivity contribution in [2.24, 2.45) is 5.92 Å². The number of aryl methyl sites for hydroxylation is 1. The van der Waals surface area contributed by atoms with Crippen LogP contribution in [0.1, 0.15) is 36.7 Å². The van der Waals surface area contributed by atoms with Crippen molar-refractivity contribution in [1.29, 1.82) is 0 Å². The van der Waals surface area contributed by atoms with E-state index in [1.165, 1.54) is 17.5 Å². The maximum Gasteiger partial charge on any atom is 0.341 e. The van der Waals surface area contributed by atoms with Crippen LogP contribution in [-0.4, -0.2) is 73.9 Å². The molecule has 1 fully saturated rings. The predicted molar refractivity (Wildman–Crippen MR) is 129 cm³/mol. The Balaban J connectivity index is 1.65. The van der Waals surface area contributed by atoms with Gasteiger partial charge in [-0.15, -0.1) is 11.3 Å². The number of aromatic nitrogens is 3. The topological polar surface area (TPSA) is 112 Å². The van der Waals surface area contributed by atoms with Gasteiger partial charge < -0.3 is 20.0 Å². The molecule has 2 N–H and O–H groups in total. The quantitative estimate of drug-likeness (QED) is 0.515. The molecule has 10 heteroatoms. The lowest BCUT2D eigenvalue weighted by Crippen LogP contribution is -2.53. The minimum Gasteiger partial charge on any atom is -0.477 e. The number of rotatable bonds is 8. The van der Waals surface area contributed by atoms with E-state index >= 15 is 0 Å². The standard InChI is InChI=1S/C23H29N5O4S/c1-5-26(13-23(3,4)32)9-15-10-27(11-15)17-8-14(2)18-19(29)16(21(30)31)12-28(20(18)25-17)22-24-6-7-33-22/h6-8,12,15,32H,5,9-11,13H2,1-4H3,(H,30,31). The fourth-order valence-electron chi connectivity index (χ4n) is 4.36. The summed E-state index contributed by atoms with van der Waals surface area (Å²) < 4.78 is 1.60. The zero-order valence-corrected chi connectivity index (χ0v) is 20.1.